The van der Waals surface area contributed by atoms with Crippen molar-refractivity contribution in [2.75, 3.05) is 0 Å². The van der Waals surface area contributed by atoms with Crippen LogP contribution in [0.3, 0.4) is 0 Å². The van der Waals surface area contributed by atoms with Crippen molar-refractivity contribution in [1.29, 1.82) is 0 Å². The zero-order valence-corrected chi connectivity index (χ0v) is 10.9. The zero-order valence-electron chi connectivity index (χ0n) is 10.9. The quantitative estimate of drug-likeness (QED) is 0.590. The minimum absolute atomic E-state index is 0.0963. The number of nitrogens with zero attached hydrogens (tertiary/aromatic N) is 1. The number of hydrogen-bond donors (Lipinski definition) is 3. The summed E-state index contributed by atoms with van der Waals surface area (Å²) in [7, 11) is 0. The highest BCUT2D eigenvalue weighted by atomic mass is 16.3. The van der Waals surface area contributed by atoms with E-state index in [1.54, 1.807) is 30.3 Å². The number of phenols is 2. The molecule has 3 N–H and O–H groups in total. The molecule has 0 atom stereocenters. The first kappa shape index (κ1) is 13.6. The van der Waals surface area contributed by atoms with Gasteiger partial charge >= 0.3 is 0 Å². The third-order valence-electron chi connectivity index (χ3n) is 2.77. The lowest BCUT2D eigenvalue weighted by atomic mass is 10.1. The Morgan fingerprint density at radius 2 is 1.95 bits per heavy atom. The Hall–Kier alpha value is -2.82. The predicted octanol–water partition coefficient (Wildman–Crippen LogP) is 2.17. The number of aryl methyl sites for hydroxylation is 1. The van der Waals surface area contributed by atoms with E-state index in [-0.39, 0.29) is 17.1 Å². The van der Waals surface area contributed by atoms with Gasteiger partial charge in [0.1, 0.15) is 11.5 Å². The predicted molar refractivity (Wildman–Crippen MR) is 76.0 cm³/mol. The number of para-hydroxylation sites is 1. The molecule has 1 amide bonds. The second-order valence-corrected chi connectivity index (χ2v) is 4.26. The summed E-state index contributed by atoms with van der Waals surface area (Å²) >= 11 is 0. The van der Waals surface area contributed by atoms with Crippen molar-refractivity contribution >= 4 is 12.1 Å². The van der Waals surface area contributed by atoms with E-state index in [9.17, 15) is 15.0 Å². The molecule has 5 heteroatoms. The Morgan fingerprint density at radius 3 is 2.65 bits per heavy atom. The highest BCUT2D eigenvalue weighted by molar-refractivity contribution is 5.97. The molecule has 0 radical (unpaired) electrons. The van der Waals surface area contributed by atoms with Crippen LogP contribution in [0.15, 0.2) is 47.6 Å². The molecule has 0 aliphatic carbocycles. The zero-order chi connectivity index (χ0) is 14.5. The summed E-state index contributed by atoms with van der Waals surface area (Å²) in [5.74, 6) is -0.408. The lowest BCUT2D eigenvalue weighted by molar-refractivity contribution is 0.0952. The Balaban J connectivity index is 2.07. The van der Waals surface area contributed by atoms with Crippen LogP contribution in [-0.4, -0.2) is 22.3 Å². The van der Waals surface area contributed by atoms with Crippen LogP contribution in [0.25, 0.3) is 0 Å². The van der Waals surface area contributed by atoms with E-state index in [4.69, 9.17) is 0 Å². The van der Waals surface area contributed by atoms with Crippen LogP contribution in [0.2, 0.25) is 0 Å². The Kier molecular flexibility index (Phi) is 4.00. The van der Waals surface area contributed by atoms with Gasteiger partial charge in [0.05, 0.1) is 11.8 Å². The average Bonchev–Trinajstić information content (AvgIpc) is 2.41. The standard InChI is InChI=1S/C15H14N2O3/c1-10-8-12(18)7-6-11(10)9-16-17-15(20)13-4-2-3-5-14(13)19/h2-9,18-19H,1H3,(H,17,20). The van der Waals surface area contributed by atoms with Crippen molar-refractivity contribution in [3.05, 3.63) is 59.2 Å². The summed E-state index contributed by atoms with van der Waals surface area (Å²) in [5, 5.41) is 22.7. The van der Waals surface area contributed by atoms with Gasteiger partial charge in [0, 0.05) is 0 Å². The maximum Gasteiger partial charge on any atom is 0.275 e. The summed E-state index contributed by atoms with van der Waals surface area (Å²) < 4.78 is 0. The summed E-state index contributed by atoms with van der Waals surface area (Å²) in [6, 6.07) is 11.1. The van der Waals surface area contributed by atoms with Crippen LogP contribution in [-0.2, 0) is 0 Å². The molecule has 2 aromatic rings. The Morgan fingerprint density at radius 1 is 1.20 bits per heavy atom. The smallest absolute Gasteiger partial charge is 0.275 e. The number of amides is 1. The normalized spacial score (nSPS) is 10.7. The highest BCUT2D eigenvalue weighted by Crippen LogP contribution is 2.15. The maximum absolute atomic E-state index is 11.8. The average molecular weight is 270 g/mol. The molecule has 0 fully saturated rings. The van der Waals surface area contributed by atoms with Crippen LogP contribution in [0.5, 0.6) is 11.5 Å². The highest BCUT2D eigenvalue weighted by Gasteiger charge is 2.08. The second kappa shape index (κ2) is 5.88. The van der Waals surface area contributed by atoms with Gasteiger partial charge in [-0.3, -0.25) is 4.79 Å². The van der Waals surface area contributed by atoms with Gasteiger partial charge in [-0.2, -0.15) is 5.10 Å². The molecule has 0 aliphatic heterocycles. The lowest BCUT2D eigenvalue weighted by Crippen LogP contribution is -2.17. The number of hydrogen-bond acceptors (Lipinski definition) is 4. The van der Waals surface area contributed by atoms with Gasteiger partial charge in [-0.25, -0.2) is 5.43 Å². The van der Waals surface area contributed by atoms with E-state index in [0.29, 0.717) is 0 Å². The summed E-state index contributed by atoms with van der Waals surface area (Å²) in [6.45, 7) is 1.83. The van der Waals surface area contributed by atoms with Gasteiger partial charge in [0.15, 0.2) is 0 Å². The molecule has 0 bridgehead atoms. The number of benzene rings is 2. The molecule has 0 aromatic heterocycles. The molecule has 20 heavy (non-hydrogen) atoms. The second-order valence-electron chi connectivity index (χ2n) is 4.26. The molecular formula is C15H14N2O3. The first-order chi connectivity index (χ1) is 9.58. The van der Waals surface area contributed by atoms with Crippen LogP contribution < -0.4 is 5.43 Å². The number of carbonyl (C=O) groups excluding carboxylic acids is 1. The largest absolute Gasteiger partial charge is 0.508 e. The van der Waals surface area contributed by atoms with Gasteiger partial charge in [-0.1, -0.05) is 12.1 Å². The summed E-state index contributed by atoms with van der Waals surface area (Å²) in [5.41, 5.74) is 4.11. The maximum atomic E-state index is 11.8. The fraction of sp³-hybridized carbons (Fsp3) is 0.0667. The molecule has 0 saturated carbocycles. The van der Waals surface area contributed by atoms with E-state index < -0.39 is 5.91 Å². The number of rotatable bonds is 3. The number of hydrazone groups is 1. The van der Waals surface area contributed by atoms with Gasteiger partial charge in [0.2, 0.25) is 0 Å². The molecule has 0 aliphatic rings. The van der Waals surface area contributed by atoms with Crippen molar-refractivity contribution in [2.24, 2.45) is 5.10 Å². The molecule has 0 spiro atoms. The minimum atomic E-state index is -0.490. The Bertz CT molecular complexity index is 666. The number of phenolic OH excluding ortho intramolecular Hbond substituents is 2. The van der Waals surface area contributed by atoms with E-state index >= 15 is 0 Å². The van der Waals surface area contributed by atoms with Crippen molar-refractivity contribution in [3.63, 3.8) is 0 Å². The van der Waals surface area contributed by atoms with Gasteiger partial charge in [-0.15, -0.1) is 0 Å². The molecular weight excluding hydrogens is 256 g/mol. The number of carbonyl (C=O) groups is 1. The van der Waals surface area contributed by atoms with Crippen molar-refractivity contribution in [1.82, 2.24) is 5.43 Å². The van der Waals surface area contributed by atoms with Gasteiger partial charge in [-0.05, 0) is 48.4 Å². The van der Waals surface area contributed by atoms with Crippen molar-refractivity contribution in [3.8, 4) is 11.5 Å². The van der Waals surface area contributed by atoms with Crippen LogP contribution in [0, 0.1) is 6.92 Å². The fourth-order valence-electron chi connectivity index (χ4n) is 1.69. The van der Waals surface area contributed by atoms with E-state index in [0.717, 1.165) is 11.1 Å². The number of nitrogens with one attached hydrogen (secondary N) is 1. The van der Waals surface area contributed by atoms with Gasteiger partial charge in [0.25, 0.3) is 5.91 Å². The van der Waals surface area contributed by atoms with Crippen LogP contribution in [0.1, 0.15) is 21.5 Å². The first-order valence-electron chi connectivity index (χ1n) is 5.99. The Labute approximate surface area is 116 Å². The molecule has 0 saturated heterocycles. The number of aromatic hydroxyl groups is 2. The van der Waals surface area contributed by atoms with Gasteiger partial charge < -0.3 is 10.2 Å². The van der Waals surface area contributed by atoms with E-state index in [2.05, 4.69) is 10.5 Å². The monoisotopic (exact) mass is 270 g/mol. The topological polar surface area (TPSA) is 81.9 Å². The molecule has 102 valence electrons. The molecule has 5 nitrogen and oxygen atoms in total. The minimum Gasteiger partial charge on any atom is -0.508 e. The third kappa shape index (κ3) is 3.14. The third-order valence-corrected chi connectivity index (χ3v) is 2.77. The van der Waals surface area contributed by atoms with Crippen LogP contribution in [0.4, 0.5) is 0 Å². The molecule has 0 unspecified atom stereocenters. The van der Waals surface area contributed by atoms with E-state index in [1.807, 2.05) is 6.92 Å². The first-order valence-corrected chi connectivity index (χ1v) is 5.99. The SMILES string of the molecule is Cc1cc(O)ccc1C=NNC(=O)c1ccccc1O. The fourth-order valence-corrected chi connectivity index (χ4v) is 1.69. The summed E-state index contributed by atoms with van der Waals surface area (Å²) in [4.78, 5) is 11.8. The molecule has 2 aromatic carbocycles. The van der Waals surface area contributed by atoms with Crippen molar-refractivity contribution < 1.29 is 15.0 Å². The molecule has 0 heterocycles. The van der Waals surface area contributed by atoms with E-state index in [1.165, 1.54) is 18.3 Å². The van der Waals surface area contributed by atoms with Crippen molar-refractivity contribution in [2.45, 2.75) is 6.92 Å². The summed E-state index contributed by atoms with van der Waals surface area (Å²) in [6.07, 6.45) is 1.48. The lowest BCUT2D eigenvalue weighted by Gasteiger charge is -2.03. The molecule has 2 rings (SSSR count). The van der Waals surface area contributed by atoms with Crippen LogP contribution >= 0.6 is 0 Å².